The number of aromatic nitrogens is 2. The van der Waals surface area contributed by atoms with Crippen molar-refractivity contribution in [3.8, 4) is 10.7 Å². The van der Waals surface area contributed by atoms with Crippen molar-refractivity contribution in [1.82, 2.24) is 14.4 Å². The molecule has 1 aromatic carbocycles. The number of anilines is 1. The van der Waals surface area contributed by atoms with E-state index in [0.29, 0.717) is 40.9 Å². The molecule has 1 saturated heterocycles. The van der Waals surface area contributed by atoms with Crippen molar-refractivity contribution in [3.63, 3.8) is 0 Å². The summed E-state index contributed by atoms with van der Waals surface area (Å²) < 4.78 is 33.3. The normalized spacial score (nSPS) is 17.4. The van der Waals surface area contributed by atoms with Gasteiger partial charge in [0.25, 0.3) is 0 Å². The number of hydrogen-bond donors (Lipinski definition) is 1. The Balaban J connectivity index is 1.53. The van der Waals surface area contributed by atoms with E-state index in [4.69, 9.17) is 4.52 Å². The van der Waals surface area contributed by atoms with Crippen molar-refractivity contribution in [2.45, 2.75) is 45.4 Å². The van der Waals surface area contributed by atoms with E-state index >= 15 is 0 Å². The molecule has 2 aromatic heterocycles. The van der Waals surface area contributed by atoms with Gasteiger partial charge in [-0.25, -0.2) is 8.42 Å². The molecule has 4 rings (SSSR count). The van der Waals surface area contributed by atoms with E-state index in [0.717, 1.165) is 16.8 Å². The minimum absolute atomic E-state index is 0.149. The Morgan fingerprint density at radius 2 is 2.00 bits per heavy atom. The highest BCUT2D eigenvalue weighted by Gasteiger charge is 2.35. The number of piperidine rings is 1. The summed E-state index contributed by atoms with van der Waals surface area (Å²) in [6.07, 6.45) is 1.28. The maximum Gasteiger partial charge on any atom is 0.244 e. The fourth-order valence-corrected chi connectivity index (χ4v) is 6.86. The van der Waals surface area contributed by atoms with Crippen LogP contribution >= 0.6 is 11.3 Å². The van der Waals surface area contributed by atoms with Crippen LogP contribution in [0.1, 0.15) is 34.7 Å². The monoisotopic (exact) mass is 474 g/mol. The molecule has 1 aliphatic rings. The first-order chi connectivity index (χ1) is 15.1. The maximum absolute atomic E-state index is 13.4. The Labute approximate surface area is 191 Å². The largest absolute Gasteiger partial charge is 0.339 e. The molecular weight excluding hydrogens is 448 g/mol. The first-order valence-corrected chi connectivity index (χ1v) is 12.7. The van der Waals surface area contributed by atoms with Gasteiger partial charge in [0.05, 0.1) is 15.7 Å². The molecule has 0 aliphatic carbocycles. The maximum atomic E-state index is 13.4. The minimum atomic E-state index is -3.75. The number of rotatable bonds is 5. The van der Waals surface area contributed by atoms with Gasteiger partial charge in [-0.05, 0) is 56.9 Å². The van der Waals surface area contributed by atoms with E-state index in [1.165, 1.54) is 15.6 Å². The second kappa shape index (κ2) is 8.76. The van der Waals surface area contributed by atoms with Crippen molar-refractivity contribution in [3.05, 3.63) is 46.2 Å². The minimum Gasteiger partial charge on any atom is -0.339 e. The Kier molecular flexibility index (Phi) is 6.19. The van der Waals surface area contributed by atoms with Crippen molar-refractivity contribution in [2.75, 3.05) is 18.4 Å². The van der Waals surface area contributed by atoms with Gasteiger partial charge < -0.3 is 9.84 Å². The second-order valence-electron chi connectivity index (χ2n) is 8.18. The lowest BCUT2D eigenvalue weighted by atomic mass is 9.98. The molecular formula is C22H26N4O4S2. The van der Waals surface area contributed by atoms with Crippen LogP contribution < -0.4 is 5.32 Å². The molecule has 0 spiro atoms. The van der Waals surface area contributed by atoms with Gasteiger partial charge in [0, 0.05) is 30.6 Å². The van der Waals surface area contributed by atoms with Crippen LogP contribution in [0, 0.1) is 33.6 Å². The standard InChI is InChI=1S/C22H26N4O4S2/c1-13-7-8-14(2)18(10-13)24-22(27)17-6-5-9-26(12-17)32(28,29)20-11-19(31-15(20)3)21-23-16(4)30-25-21/h7-8,10-11,17H,5-6,9,12H2,1-4H3,(H,24,27)/t17-/m1/s1. The Morgan fingerprint density at radius 1 is 1.22 bits per heavy atom. The van der Waals surface area contributed by atoms with E-state index in [2.05, 4.69) is 15.5 Å². The lowest BCUT2D eigenvalue weighted by molar-refractivity contribution is -0.120. The van der Waals surface area contributed by atoms with Crippen molar-refractivity contribution in [1.29, 1.82) is 0 Å². The van der Waals surface area contributed by atoms with Gasteiger partial charge in [-0.2, -0.15) is 9.29 Å². The zero-order valence-corrected chi connectivity index (χ0v) is 20.1. The average molecular weight is 475 g/mol. The first-order valence-electron chi connectivity index (χ1n) is 10.4. The summed E-state index contributed by atoms with van der Waals surface area (Å²) in [6.45, 7) is 7.91. The highest BCUT2D eigenvalue weighted by Crippen LogP contribution is 2.35. The topological polar surface area (TPSA) is 105 Å². The number of benzene rings is 1. The molecule has 1 amide bonds. The molecule has 8 nitrogen and oxygen atoms in total. The highest BCUT2D eigenvalue weighted by atomic mass is 32.2. The summed E-state index contributed by atoms with van der Waals surface area (Å²) >= 11 is 1.31. The van der Waals surface area contributed by atoms with Gasteiger partial charge >= 0.3 is 0 Å². The SMILES string of the molecule is Cc1ccc(C)c(NC(=O)[C@@H]2CCCN(S(=O)(=O)c3cc(-c4noc(C)n4)sc3C)C2)c1. The molecule has 170 valence electrons. The molecule has 1 fully saturated rings. The zero-order chi connectivity index (χ0) is 23.0. The third-order valence-electron chi connectivity index (χ3n) is 5.64. The third-order valence-corrected chi connectivity index (χ3v) is 8.81. The Morgan fingerprint density at radius 3 is 2.72 bits per heavy atom. The number of aryl methyl sites for hydroxylation is 4. The number of sulfonamides is 1. The molecule has 0 saturated carbocycles. The highest BCUT2D eigenvalue weighted by molar-refractivity contribution is 7.89. The van der Waals surface area contributed by atoms with E-state index < -0.39 is 15.9 Å². The molecule has 10 heteroatoms. The first kappa shape index (κ1) is 22.6. The van der Waals surface area contributed by atoms with Gasteiger partial charge in [0.15, 0.2) is 0 Å². The lowest BCUT2D eigenvalue weighted by Crippen LogP contribution is -2.43. The molecule has 3 heterocycles. The van der Waals surface area contributed by atoms with Crippen LogP contribution in [0.15, 0.2) is 33.7 Å². The fourth-order valence-electron chi connectivity index (χ4n) is 3.85. The van der Waals surface area contributed by atoms with Crippen molar-refractivity contribution < 1.29 is 17.7 Å². The Bertz CT molecular complexity index is 1260. The average Bonchev–Trinajstić information content (AvgIpc) is 3.36. The van der Waals surface area contributed by atoms with Gasteiger partial charge in [-0.3, -0.25) is 4.79 Å². The van der Waals surface area contributed by atoms with Crippen LogP contribution in [0.2, 0.25) is 0 Å². The van der Waals surface area contributed by atoms with Gasteiger partial charge in [-0.15, -0.1) is 11.3 Å². The van der Waals surface area contributed by atoms with Crippen LogP contribution in [0.4, 0.5) is 5.69 Å². The molecule has 32 heavy (non-hydrogen) atoms. The number of thiophene rings is 1. The van der Waals surface area contributed by atoms with Crippen LogP contribution in [-0.4, -0.2) is 41.9 Å². The zero-order valence-electron chi connectivity index (χ0n) is 18.5. The molecule has 0 bridgehead atoms. The smallest absolute Gasteiger partial charge is 0.244 e. The van der Waals surface area contributed by atoms with Gasteiger partial charge in [0.1, 0.15) is 0 Å². The number of carbonyl (C=O) groups is 1. The van der Waals surface area contributed by atoms with Crippen molar-refractivity contribution in [2.24, 2.45) is 5.92 Å². The van der Waals surface area contributed by atoms with Crippen LogP contribution in [0.5, 0.6) is 0 Å². The molecule has 0 radical (unpaired) electrons. The van der Waals surface area contributed by atoms with Crippen LogP contribution in [0.3, 0.4) is 0 Å². The van der Waals surface area contributed by atoms with E-state index in [9.17, 15) is 13.2 Å². The summed E-state index contributed by atoms with van der Waals surface area (Å²) in [6, 6.07) is 7.48. The number of amides is 1. The third kappa shape index (κ3) is 4.48. The molecule has 1 aliphatic heterocycles. The fraction of sp³-hybridized carbons (Fsp3) is 0.409. The second-order valence-corrected chi connectivity index (χ2v) is 11.3. The van der Waals surface area contributed by atoms with E-state index in [-0.39, 0.29) is 17.3 Å². The summed E-state index contributed by atoms with van der Waals surface area (Å²) in [5.41, 5.74) is 2.80. The van der Waals surface area contributed by atoms with Gasteiger partial charge in [-0.1, -0.05) is 17.3 Å². The lowest BCUT2D eigenvalue weighted by Gasteiger charge is -2.31. The number of carbonyl (C=O) groups excluding carboxylic acids is 1. The summed E-state index contributed by atoms with van der Waals surface area (Å²) in [5.74, 6) is 0.242. The molecule has 1 atom stereocenters. The van der Waals surface area contributed by atoms with E-state index in [1.807, 2.05) is 32.0 Å². The van der Waals surface area contributed by atoms with Gasteiger partial charge in [0.2, 0.25) is 27.6 Å². The number of nitrogens with zero attached hydrogens (tertiary/aromatic N) is 3. The predicted molar refractivity (Wildman–Crippen MR) is 123 cm³/mol. The summed E-state index contributed by atoms with van der Waals surface area (Å²) in [5, 5.41) is 6.87. The van der Waals surface area contributed by atoms with Crippen LogP contribution in [-0.2, 0) is 14.8 Å². The summed E-state index contributed by atoms with van der Waals surface area (Å²) in [4.78, 5) is 18.7. The molecule has 0 unspecified atom stereocenters. The Hall–Kier alpha value is -2.56. The summed E-state index contributed by atoms with van der Waals surface area (Å²) in [7, 11) is -3.75. The quantitative estimate of drug-likeness (QED) is 0.598. The van der Waals surface area contributed by atoms with E-state index in [1.54, 1.807) is 19.9 Å². The predicted octanol–water partition coefficient (Wildman–Crippen LogP) is 4.07. The molecule has 1 N–H and O–H groups in total. The number of nitrogens with one attached hydrogen (secondary N) is 1. The van der Waals surface area contributed by atoms with Crippen molar-refractivity contribution >= 4 is 33.0 Å². The number of hydrogen-bond acceptors (Lipinski definition) is 7. The molecule has 3 aromatic rings. The van der Waals surface area contributed by atoms with Crippen LogP contribution in [0.25, 0.3) is 10.7 Å².